The molecule has 0 saturated heterocycles. The molecule has 1 nitrogen and oxygen atoms in total. The maximum absolute atomic E-state index is 6.56. The van der Waals surface area contributed by atoms with Gasteiger partial charge in [-0.15, -0.1) is 0 Å². The Morgan fingerprint density at radius 2 is 0.822 bits per heavy atom. The van der Waals surface area contributed by atoms with Crippen LogP contribution in [0.25, 0.3) is 98.1 Å². The third kappa shape index (κ3) is 3.50. The summed E-state index contributed by atoms with van der Waals surface area (Å²) in [6.45, 7) is 0. The molecule has 1 aromatic heterocycles. The van der Waals surface area contributed by atoms with Crippen LogP contribution < -0.4 is 0 Å². The molecule has 0 aliphatic heterocycles. The zero-order valence-corrected chi connectivity index (χ0v) is 24.4. The van der Waals surface area contributed by atoms with Crippen molar-refractivity contribution in [1.82, 2.24) is 0 Å². The van der Waals surface area contributed by atoms with Crippen molar-refractivity contribution in [2.24, 2.45) is 0 Å². The van der Waals surface area contributed by atoms with E-state index < -0.39 is 0 Å². The third-order valence-corrected chi connectivity index (χ3v) is 9.60. The van der Waals surface area contributed by atoms with Crippen molar-refractivity contribution in [1.29, 1.82) is 0 Å². The summed E-state index contributed by atoms with van der Waals surface area (Å²) in [5, 5.41) is 14.7. The quantitative estimate of drug-likeness (QED) is 0.149. The molecule has 0 amide bonds. The standard InChI is InChI=1S/C44H26O/c1-2-12-28-25-29(22-21-27(28)11-1)41-33-15-5-7-17-35(33)42(36-18-8-6-16-34(36)41)30-23-24-37-39(26-30)31-13-3-4-14-32(31)43-38-19-9-10-20-40(38)45-44(37)43/h1-26H. The highest BCUT2D eigenvalue weighted by atomic mass is 16.3. The maximum atomic E-state index is 6.56. The summed E-state index contributed by atoms with van der Waals surface area (Å²) in [7, 11) is 0. The van der Waals surface area contributed by atoms with Crippen molar-refractivity contribution in [3.8, 4) is 22.3 Å². The van der Waals surface area contributed by atoms with Crippen LogP contribution in [0.2, 0.25) is 0 Å². The first-order valence-corrected chi connectivity index (χ1v) is 15.5. The Labute approximate surface area is 259 Å². The van der Waals surface area contributed by atoms with Crippen LogP contribution in [0, 0.1) is 0 Å². The normalized spacial score (nSPS) is 12.0. The van der Waals surface area contributed by atoms with E-state index in [1.54, 1.807) is 0 Å². The second-order valence-corrected chi connectivity index (χ2v) is 12.0. The van der Waals surface area contributed by atoms with Crippen LogP contribution in [0.3, 0.4) is 0 Å². The average Bonchev–Trinajstić information content (AvgIpc) is 3.50. The van der Waals surface area contributed by atoms with E-state index in [9.17, 15) is 0 Å². The Morgan fingerprint density at radius 3 is 1.51 bits per heavy atom. The topological polar surface area (TPSA) is 13.1 Å². The van der Waals surface area contributed by atoms with Gasteiger partial charge < -0.3 is 4.42 Å². The van der Waals surface area contributed by atoms with Crippen molar-refractivity contribution in [2.45, 2.75) is 0 Å². The van der Waals surface area contributed by atoms with Crippen LogP contribution in [0.1, 0.15) is 0 Å². The second kappa shape index (κ2) is 9.29. The summed E-state index contributed by atoms with van der Waals surface area (Å²) in [6, 6.07) is 57.3. The molecule has 0 radical (unpaired) electrons. The summed E-state index contributed by atoms with van der Waals surface area (Å²) >= 11 is 0. The molecule has 0 N–H and O–H groups in total. The number of para-hydroxylation sites is 1. The second-order valence-electron chi connectivity index (χ2n) is 12.0. The monoisotopic (exact) mass is 570 g/mol. The Balaban J connectivity index is 1.32. The van der Waals surface area contributed by atoms with Crippen molar-refractivity contribution < 1.29 is 4.42 Å². The molecule has 45 heavy (non-hydrogen) atoms. The Kier molecular flexibility index (Phi) is 5.06. The summed E-state index contributed by atoms with van der Waals surface area (Å²) in [4.78, 5) is 0. The Morgan fingerprint density at radius 1 is 0.311 bits per heavy atom. The van der Waals surface area contributed by atoms with Gasteiger partial charge in [-0.1, -0.05) is 133 Å². The van der Waals surface area contributed by atoms with E-state index >= 15 is 0 Å². The lowest BCUT2D eigenvalue weighted by Gasteiger charge is -2.18. The van der Waals surface area contributed by atoms with Gasteiger partial charge in [0.1, 0.15) is 11.2 Å². The first kappa shape index (κ1) is 24.5. The molecule has 0 bridgehead atoms. The molecule has 10 aromatic rings. The lowest BCUT2D eigenvalue weighted by molar-refractivity contribution is 0.673. The highest BCUT2D eigenvalue weighted by Crippen LogP contribution is 2.46. The van der Waals surface area contributed by atoms with E-state index in [1.807, 2.05) is 6.07 Å². The number of furan rings is 1. The fourth-order valence-corrected chi connectivity index (χ4v) is 7.65. The van der Waals surface area contributed by atoms with Gasteiger partial charge in [0, 0.05) is 16.2 Å². The minimum atomic E-state index is 0.926. The summed E-state index contributed by atoms with van der Waals surface area (Å²) in [6.07, 6.45) is 0. The minimum Gasteiger partial charge on any atom is -0.455 e. The van der Waals surface area contributed by atoms with Gasteiger partial charge in [0.2, 0.25) is 0 Å². The summed E-state index contributed by atoms with van der Waals surface area (Å²) < 4.78 is 6.56. The predicted octanol–water partition coefficient (Wildman–Crippen LogP) is 12.7. The number of hydrogen-bond donors (Lipinski definition) is 0. The lowest BCUT2D eigenvalue weighted by Crippen LogP contribution is -1.91. The molecule has 1 heteroatoms. The SMILES string of the molecule is c1ccc2cc(-c3c4ccccc4c(-c4ccc5c(c4)c4ccccc4c4c6ccccc6oc54)c4ccccc34)ccc2c1. The maximum Gasteiger partial charge on any atom is 0.143 e. The molecular formula is C44H26O. The zero-order valence-electron chi connectivity index (χ0n) is 24.4. The molecule has 0 unspecified atom stereocenters. The van der Waals surface area contributed by atoms with Crippen LogP contribution in [-0.4, -0.2) is 0 Å². The predicted molar refractivity (Wildman–Crippen MR) is 192 cm³/mol. The average molecular weight is 571 g/mol. The molecule has 0 saturated carbocycles. The van der Waals surface area contributed by atoms with Gasteiger partial charge in [-0.05, 0) is 95.0 Å². The van der Waals surface area contributed by atoms with E-state index in [1.165, 1.54) is 76.1 Å². The molecule has 0 fully saturated rings. The van der Waals surface area contributed by atoms with Crippen LogP contribution in [0.5, 0.6) is 0 Å². The van der Waals surface area contributed by atoms with Gasteiger partial charge in [0.05, 0.1) is 0 Å². The first-order chi connectivity index (χ1) is 22.3. The number of benzene rings is 9. The van der Waals surface area contributed by atoms with E-state index in [2.05, 4.69) is 152 Å². The molecule has 0 aliphatic carbocycles. The smallest absolute Gasteiger partial charge is 0.143 e. The van der Waals surface area contributed by atoms with Gasteiger partial charge in [0.15, 0.2) is 0 Å². The number of fused-ring (bicyclic) bond motifs is 11. The van der Waals surface area contributed by atoms with Gasteiger partial charge in [0.25, 0.3) is 0 Å². The molecule has 10 rings (SSSR count). The largest absolute Gasteiger partial charge is 0.455 e. The van der Waals surface area contributed by atoms with E-state index in [0.717, 1.165) is 21.9 Å². The molecule has 208 valence electrons. The van der Waals surface area contributed by atoms with Crippen LogP contribution in [-0.2, 0) is 0 Å². The van der Waals surface area contributed by atoms with Crippen LogP contribution in [0.15, 0.2) is 162 Å². The molecule has 0 aliphatic rings. The van der Waals surface area contributed by atoms with E-state index in [-0.39, 0.29) is 0 Å². The molecule has 0 atom stereocenters. The fraction of sp³-hybridized carbons (Fsp3) is 0. The van der Waals surface area contributed by atoms with Crippen molar-refractivity contribution in [2.75, 3.05) is 0 Å². The van der Waals surface area contributed by atoms with Crippen LogP contribution in [0.4, 0.5) is 0 Å². The first-order valence-electron chi connectivity index (χ1n) is 15.5. The van der Waals surface area contributed by atoms with Crippen LogP contribution >= 0.6 is 0 Å². The summed E-state index contributed by atoms with van der Waals surface area (Å²) in [5.41, 5.74) is 6.88. The number of hydrogen-bond acceptors (Lipinski definition) is 1. The molecule has 9 aromatic carbocycles. The van der Waals surface area contributed by atoms with Crippen molar-refractivity contribution in [3.05, 3.63) is 158 Å². The Hall–Kier alpha value is -5.92. The molecular weight excluding hydrogens is 544 g/mol. The lowest BCUT2D eigenvalue weighted by atomic mass is 9.85. The van der Waals surface area contributed by atoms with E-state index in [0.29, 0.717) is 0 Å². The molecule has 1 heterocycles. The van der Waals surface area contributed by atoms with Crippen molar-refractivity contribution >= 4 is 75.8 Å². The van der Waals surface area contributed by atoms with E-state index in [4.69, 9.17) is 4.42 Å². The number of rotatable bonds is 2. The van der Waals surface area contributed by atoms with Gasteiger partial charge >= 0.3 is 0 Å². The van der Waals surface area contributed by atoms with Gasteiger partial charge in [-0.3, -0.25) is 0 Å². The van der Waals surface area contributed by atoms with Gasteiger partial charge in [-0.25, -0.2) is 0 Å². The van der Waals surface area contributed by atoms with Crippen molar-refractivity contribution in [3.63, 3.8) is 0 Å². The minimum absolute atomic E-state index is 0.926. The summed E-state index contributed by atoms with van der Waals surface area (Å²) in [5.74, 6) is 0. The highest BCUT2D eigenvalue weighted by Gasteiger charge is 2.19. The van der Waals surface area contributed by atoms with Gasteiger partial charge in [-0.2, -0.15) is 0 Å². The zero-order chi connectivity index (χ0) is 29.5. The molecule has 0 spiro atoms. The third-order valence-electron chi connectivity index (χ3n) is 9.60. The Bertz CT molecular complexity index is 2760. The highest BCUT2D eigenvalue weighted by molar-refractivity contribution is 6.31. The fourth-order valence-electron chi connectivity index (χ4n) is 7.65.